The minimum absolute atomic E-state index is 0.444. The number of rotatable bonds is 10. The standard InChI is InChI=1S/C11H23O4P.C7H17N.C4H7NO/c1-13-8-10-5-4-6-11(7-10)9-16(12,14-2)15-3;1-6(2)8(5)7(3)4;1-6-4-2-3-5/h10-11H,4-9H2,1-3H3;6-7H,1-5H3;2,4H2,1H3. The van der Waals surface area contributed by atoms with E-state index in [1.807, 2.05) is 6.07 Å². The van der Waals surface area contributed by atoms with Gasteiger partial charge in [0.2, 0.25) is 0 Å². The first kappa shape index (κ1) is 31.7. The zero-order valence-electron chi connectivity index (χ0n) is 20.8. The third-order valence-corrected chi connectivity index (χ3v) is 7.46. The number of hydrogen-bond donors (Lipinski definition) is 0. The smallest absolute Gasteiger partial charge is 0.330 e. The lowest BCUT2D eigenvalue weighted by molar-refractivity contribution is 0.116. The van der Waals surface area contributed by atoms with E-state index in [0.29, 0.717) is 43.1 Å². The fraction of sp³-hybridized carbons (Fsp3) is 0.955. The van der Waals surface area contributed by atoms with Crippen molar-refractivity contribution < 1.29 is 23.1 Å². The summed E-state index contributed by atoms with van der Waals surface area (Å²) in [7, 11) is 5.54. The molecule has 0 spiro atoms. The second-order valence-electron chi connectivity index (χ2n) is 8.27. The van der Waals surface area contributed by atoms with Gasteiger partial charge in [0, 0.05) is 47.1 Å². The van der Waals surface area contributed by atoms with Crippen molar-refractivity contribution in [1.82, 2.24) is 4.90 Å². The van der Waals surface area contributed by atoms with Gasteiger partial charge in [-0.1, -0.05) is 6.42 Å². The molecule has 1 fully saturated rings. The van der Waals surface area contributed by atoms with Crippen molar-refractivity contribution in [3.8, 4) is 6.07 Å². The van der Waals surface area contributed by atoms with E-state index in [2.05, 4.69) is 44.4 Å². The molecule has 1 saturated carbocycles. The molecule has 30 heavy (non-hydrogen) atoms. The van der Waals surface area contributed by atoms with Gasteiger partial charge < -0.3 is 23.4 Å². The zero-order valence-corrected chi connectivity index (χ0v) is 21.7. The lowest BCUT2D eigenvalue weighted by Crippen LogP contribution is -2.32. The van der Waals surface area contributed by atoms with Gasteiger partial charge in [-0.15, -0.1) is 0 Å². The first-order valence-corrected chi connectivity index (χ1v) is 12.6. The van der Waals surface area contributed by atoms with Crippen LogP contribution in [0.1, 0.15) is 59.8 Å². The molecule has 1 rings (SSSR count). The molecule has 0 saturated heterocycles. The topological polar surface area (TPSA) is 81.0 Å². The molecule has 0 amide bonds. The fourth-order valence-corrected chi connectivity index (χ4v) is 4.65. The molecule has 1 aliphatic carbocycles. The number of nitriles is 1. The van der Waals surface area contributed by atoms with Crippen molar-refractivity contribution in [2.75, 3.05) is 54.9 Å². The van der Waals surface area contributed by atoms with Crippen LogP contribution in [0.2, 0.25) is 0 Å². The van der Waals surface area contributed by atoms with Gasteiger partial charge in [0.25, 0.3) is 0 Å². The van der Waals surface area contributed by atoms with Gasteiger partial charge in [0.05, 0.1) is 25.3 Å². The number of ether oxygens (including phenoxy) is 2. The van der Waals surface area contributed by atoms with E-state index in [1.54, 1.807) is 14.2 Å². The summed E-state index contributed by atoms with van der Waals surface area (Å²) in [6.45, 7) is 10.2. The number of hydrogen-bond acceptors (Lipinski definition) is 7. The van der Waals surface area contributed by atoms with Crippen molar-refractivity contribution in [2.45, 2.75) is 71.9 Å². The largest absolute Gasteiger partial charge is 0.384 e. The van der Waals surface area contributed by atoms with Gasteiger partial charge in [-0.3, -0.25) is 4.57 Å². The van der Waals surface area contributed by atoms with Crippen LogP contribution in [0.3, 0.4) is 0 Å². The summed E-state index contributed by atoms with van der Waals surface area (Å²) in [5, 5.41) is 7.87. The van der Waals surface area contributed by atoms with E-state index in [4.69, 9.17) is 19.0 Å². The number of methoxy groups -OCH3 is 2. The van der Waals surface area contributed by atoms with Crippen molar-refractivity contribution in [2.24, 2.45) is 11.8 Å². The van der Waals surface area contributed by atoms with Gasteiger partial charge in [-0.05, 0) is 65.8 Å². The van der Waals surface area contributed by atoms with Crippen LogP contribution < -0.4 is 0 Å². The highest BCUT2D eigenvalue weighted by Gasteiger charge is 2.30. The Morgan fingerprint density at radius 2 is 1.53 bits per heavy atom. The molecule has 0 aliphatic heterocycles. The maximum absolute atomic E-state index is 12.0. The number of nitrogens with zero attached hydrogens (tertiary/aromatic N) is 2. The summed E-state index contributed by atoms with van der Waals surface area (Å²) < 4.78 is 31.7. The molecule has 0 heterocycles. The molecule has 0 radical (unpaired) electrons. The minimum Gasteiger partial charge on any atom is -0.384 e. The Morgan fingerprint density at radius 1 is 1.00 bits per heavy atom. The van der Waals surface area contributed by atoms with Crippen LogP contribution >= 0.6 is 7.60 Å². The lowest BCUT2D eigenvalue weighted by atomic mass is 9.83. The Labute approximate surface area is 185 Å². The summed E-state index contributed by atoms with van der Waals surface area (Å²) >= 11 is 0. The highest BCUT2D eigenvalue weighted by atomic mass is 31.2. The van der Waals surface area contributed by atoms with E-state index in [-0.39, 0.29) is 0 Å². The quantitative estimate of drug-likeness (QED) is 0.334. The van der Waals surface area contributed by atoms with Gasteiger partial charge >= 0.3 is 7.60 Å². The average molecular weight is 451 g/mol. The minimum atomic E-state index is -2.84. The van der Waals surface area contributed by atoms with Crippen molar-refractivity contribution >= 4 is 7.60 Å². The highest BCUT2D eigenvalue weighted by Crippen LogP contribution is 2.50. The molecule has 1 aliphatic rings. The van der Waals surface area contributed by atoms with Crippen molar-refractivity contribution in [1.29, 1.82) is 5.26 Å². The summed E-state index contributed by atoms with van der Waals surface area (Å²) in [4.78, 5) is 2.33. The molecule has 0 bridgehead atoms. The van der Waals surface area contributed by atoms with E-state index in [9.17, 15) is 4.57 Å². The predicted molar refractivity (Wildman–Crippen MR) is 124 cm³/mol. The van der Waals surface area contributed by atoms with Crippen molar-refractivity contribution in [3.63, 3.8) is 0 Å². The molecule has 0 aromatic heterocycles. The lowest BCUT2D eigenvalue weighted by Gasteiger charge is -2.30. The summed E-state index contributed by atoms with van der Waals surface area (Å²) in [5.41, 5.74) is 0. The zero-order chi connectivity index (χ0) is 23.6. The fourth-order valence-electron chi connectivity index (χ4n) is 3.24. The molecular weight excluding hydrogens is 403 g/mol. The Balaban J connectivity index is 0. The molecule has 8 heteroatoms. The maximum Gasteiger partial charge on any atom is 0.330 e. The molecule has 2 unspecified atom stereocenters. The maximum atomic E-state index is 12.0. The molecule has 2 atom stereocenters. The molecule has 0 aromatic carbocycles. The third-order valence-electron chi connectivity index (χ3n) is 5.38. The van der Waals surface area contributed by atoms with Crippen LogP contribution in [0.5, 0.6) is 0 Å². The SMILES string of the molecule is CC(C)N(C)C(C)C.COCC1CCCC(CP(=O)(OC)OC)C1.COCCC#N. The normalized spacial score (nSPS) is 19.0. The van der Waals surface area contributed by atoms with Gasteiger partial charge in [0.1, 0.15) is 0 Å². The Morgan fingerprint density at radius 3 is 1.87 bits per heavy atom. The Bertz CT molecular complexity index is 465. The molecular formula is C22H47N2O5P. The van der Waals surface area contributed by atoms with Gasteiger partial charge in [-0.2, -0.15) is 5.26 Å². The van der Waals surface area contributed by atoms with Crippen LogP contribution in [-0.2, 0) is 23.1 Å². The van der Waals surface area contributed by atoms with Crippen LogP contribution in [0.15, 0.2) is 0 Å². The van der Waals surface area contributed by atoms with E-state index >= 15 is 0 Å². The van der Waals surface area contributed by atoms with Gasteiger partial charge in [0.15, 0.2) is 0 Å². The first-order chi connectivity index (χ1) is 14.1. The first-order valence-electron chi connectivity index (χ1n) is 10.9. The molecule has 0 aromatic rings. The van der Waals surface area contributed by atoms with E-state index in [1.165, 1.54) is 27.1 Å². The molecule has 0 N–H and O–H groups in total. The average Bonchev–Trinajstić information content (AvgIpc) is 2.72. The Kier molecular flexibility index (Phi) is 20.3. The molecule has 7 nitrogen and oxygen atoms in total. The third kappa shape index (κ3) is 16.2. The van der Waals surface area contributed by atoms with E-state index < -0.39 is 7.60 Å². The summed E-state index contributed by atoms with van der Waals surface area (Å²) in [5.74, 6) is 1.05. The van der Waals surface area contributed by atoms with Crippen molar-refractivity contribution in [3.05, 3.63) is 0 Å². The highest BCUT2D eigenvalue weighted by molar-refractivity contribution is 7.53. The van der Waals surface area contributed by atoms with Crippen LogP contribution in [0, 0.1) is 23.2 Å². The van der Waals surface area contributed by atoms with E-state index in [0.717, 1.165) is 19.4 Å². The second-order valence-corrected chi connectivity index (χ2v) is 10.6. The van der Waals surface area contributed by atoms with Crippen LogP contribution in [0.25, 0.3) is 0 Å². The van der Waals surface area contributed by atoms with Crippen LogP contribution in [-0.4, -0.2) is 71.8 Å². The summed E-state index contributed by atoms with van der Waals surface area (Å²) in [6, 6.07) is 3.30. The second kappa shape index (κ2) is 19.2. The molecule has 180 valence electrons. The summed E-state index contributed by atoms with van der Waals surface area (Å²) in [6.07, 6.45) is 5.64. The monoisotopic (exact) mass is 450 g/mol. The predicted octanol–water partition coefficient (Wildman–Crippen LogP) is 5.21. The Hall–Kier alpha value is -0.480. The van der Waals surface area contributed by atoms with Gasteiger partial charge in [-0.25, -0.2) is 0 Å². The van der Waals surface area contributed by atoms with Crippen LogP contribution in [0.4, 0.5) is 0 Å².